The van der Waals surface area contributed by atoms with Crippen LogP contribution >= 0.6 is 15.9 Å². The molecule has 0 saturated carbocycles. The van der Waals surface area contributed by atoms with Crippen LogP contribution < -0.4 is 10.6 Å². The maximum atomic E-state index is 11.8. The van der Waals surface area contributed by atoms with Crippen LogP contribution in [0.5, 0.6) is 0 Å². The second kappa shape index (κ2) is 10.6. The molecule has 0 radical (unpaired) electrons. The Bertz CT molecular complexity index is 714. The Hall–Kier alpha value is -2.34. The number of hydrogen-bond acceptors (Lipinski definition) is 2. The van der Waals surface area contributed by atoms with Gasteiger partial charge in [-0.3, -0.25) is 4.79 Å². The molecule has 0 bridgehead atoms. The van der Waals surface area contributed by atoms with Gasteiger partial charge < -0.3 is 15.5 Å². The molecule has 138 valence electrons. The van der Waals surface area contributed by atoms with E-state index in [-0.39, 0.29) is 12.5 Å². The van der Waals surface area contributed by atoms with E-state index < -0.39 is 0 Å². The molecule has 0 aromatic heterocycles. The summed E-state index contributed by atoms with van der Waals surface area (Å²) >= 11 is 3.43. The molecule has 2 aromatic rings. The highest BCUT2D eigenvalue weighted by molar-refractivity contribution is 9.10. The largest absolute Gasteiger partial charge is 0.356 e. The fourth-order valence-corrected chi connectivity index (χ4v) is 2.49. The number of guanidine groups is 1. The predicted molar refractivity (Wildman–Crippen MR) is 110 cm³/mol. The molecule has 0 saturated heterocycles. The van der Waals surface area contributed by atoms with Crippen molar-refractivity contribution in [2.24, 2.45) is 4.99 Å². The Morgan fingerprint density at radius 3 is 2.35 bits per heavy atom. The van der Waals surface area contributed by atoms with Crippen molar-refractivity contribution >= 4 is 27.8 Å². The van der Waals surface area contributed by atoms with Crippen molar-refractivity contribution in [3.63, 3.8) is 0 Å². The number of amides is 1. The Balaban J connectivity index is 1.94. The van der Waals surface area contributed by atoms with E-state index >= 15 is 0 Å². The molecule has 2 N–H and O–H groups in total. The van der Waals surface area contributed by atoms with Crippen LogP contribution in [0.4, 0.5) is 0 Å². The summed E-state index contributed by atoms with van der Waals surface area (Å²) in [5, 5.41) is 6.41. The molecule has 26 heavy (non-hydrogen) atoms. The van der Waals surface area contributed by atoms with E-state index in [0.29, 0.717) is 12.5 Å². The van der Waals surface area contributed by atoms with E-state index in [1.165, 1.54) is 5.56 Å². The smallest absolute Gasteiger partial charge is 0.241 e. The van der Waals surface area contributed by atoms with Crippen molar-refractivity contribution in [1.29, 1.82) is 0 Å². The third-order valence-electron chi connectivity index (χ3n) is 3.79. The number of nitrogens with one attached hydrogen (secondary N) is 2. The van der Waals surface area contributed by atoms with Crippen LogP contribution in [0.3, 0.4) is 0 Å². The van der Waals surface area contributed by atoms with Gasteiger partial charge in [0, 0.05) is 25.1 Å². The minimum atomic E-state index is 0.00574. The average Bonchev–Trinajstić information content (AvgIpc) is 2.65. The molecule has 0 atom stereocenters. The monoisotopic (exact) mass is 416 g/mol. The highest BCUT2D eigenvalue weighted by Gasteiger charge is 2.06. The average molecular weight is 417 g/mol. The quantitative estimate of drug-likeness (QED) is 0.538. The van der Waals surface area contributed by atoms with Crippen LogP contribution in [0.25, 0.3) is 0 Å². The van der Waals surface area contributed by atoms with Crippen LogP contribution in [0, 0.1) is 0 Å². The summed E-state index contributed by atoms with van der Waals surface area (Å²) < 4.78 is 1.04. The van der Waals surface area contributed by atoms with Crippen molar-refractivity contribution in [2.75, 3.05) is 27.2 Å². The van der Waals surface area contributed by atoms with Crippen molar-refractivity contribution in [3.8, 4) is 0 Å². The van der Waals surface area contributed by atoms with E-state index in [2.05, 4.69) is 43.7 Å². The fraction of sp³-hybridized carbons (Fsp3) is 0.300. The molecule has 0 spiro atoms. The van der Waals surface area contributed by atoms with E-state index in [1.807, 2.05) is 42.5 Å². The van der Waals surface area contributed by atoms with Crippen LogP contribution in [0.2, 0.25) is 0 Å². The molecule has 5 nitrogen and oxygen atoms in total. The van der Waals surface area contributed by atoms with Crippen molar-refractivity contribution in [1.82, 2.24) is 15.5 Å². The van der Waals surface area contributed by atoms with Crippen LogP contribution in [0.1, 0.15) is 11.1 Å². The van der Waals surface area contributed by atoms with Crippen molar-refractivity contribution in [3.05, 3.63) is 70.2 Å². The summed E-state index contributed by atoms with van der Waals surface area (Å²) in [5.74, 6) is 0.644. The number of carbonyl (C=O) groups is 1. The van der Waals surface area contributed by atoms with Gasteiger partial charge in [-0.15, -0.1) is 0 Å². The van der Waals surface area contributed by atoms with E-state index in [4.69, 9.17) is 0 Å². The standard InChI is InChI=1S/C20H25BrN4O/c1-25(2)19(26)15-24-20(22-13-12-16-6-4-3-5-7-16)23-14-17-8-10-18(21)11-9-17/h3-11H,12-15H2,1-2H3,(H2,22,23,24). The number of likely N-dealkylation sites (N-methyl/N-ethyl adjacent to an activating group) is 1. The van der Waals surface area contributed by atoms with Gasteiger partial charge in [0.2, 0.25) is 5.91 Å². The van der Waals surface area contributed by atoms with Crippen LogP contribution in [-0.2, 0) is 17.8 Å². The molecular formula is C20H25BrN4O. The summed E-state index contributed by atoms with van der Waals surface area (Å²) in [5.41, 5.74) is 2.37. The first kappa shape index (κ1) is 20.0. The van der Waals surface area contributed by atoms with Gasteiger partial charge in [0.25, 0.3) is 0 Å². The zero-order valence-corrected chi connectivity index (χ0v) is 16.8. The molecule has 6 heteroatoms. The molecule has 0 heterocycles. The summed E-state index contributed by atoms with van der Waals surface area (Å²) in [4.78, 5) is 18.0. The molecule has 0 fully saturated rings. The normalized spacial score (nSPS) is 11.1. The lowest BCUT2D eigenvalue weighted by molar-refractivity contribution is -0.127. The maximum absolute atomic E-state index is 11.8. The number of hydrogen-bond donors (Lipinski definition) is 2. The number of aliphatic imine (C=N–C) groups is 1. The lowest BCUT2D eigenvalue weighted by atomic mass is 10.1. The van der Waals surface area contributed by atoms with E-state index in [1.54, 1.807) is 19.0 Å². The van der Waals surface area contributed by atoms with E-state index in [0.717, 1.165) is 23.0 Å². The van der Waals surface area contributed by atoms with Gasteiger partial charge in [-0.2, -0.15) is 0 Å². The number of rotatable bonds is 7. The fourth-order valence-electron chi connectivity index (χ4n) is 2.22. The molecule has 0 unspecified atom stereocenters. The van der Waals surface area contributed by atoms with Crippen molar-refractivity contribution in [2.45, 2.75) is 13.0 Å². The second-order valence-electron chi connectivity index (χ2n) is 6.10. The van der Waals surface area contributed by atoms with Gasteiger partial charge in [0.15, 0.2) is 5.96 Å². The molecular weight excluding hydrogens is 392 g/mol. The van der Waals surface area contributed by atoms with Crippen molar-refractivity contribution < 1.29 is 4.79 Å². The van der Waals surface area contributed by atoms with Gasteiger partial charge in [-0.05, 0) is 29.7 Å². The molecule has 2 rings (SSSR count). The topological polar surface area (TPSA) is 56.7 Å². The third-order valence-corrected chi connectivity index (χ3v) is 4.32. The summed E-state index contributed by atoms with van der Waals surface area (Å²) in [7, 11) is 3.48. The Kier molecular flexibility index (Phi) is 8.15. The summed E-state index contributed by atoms with van der Waals surface area (Å²) in [6.07, 6.45) is 0.890. The van der Waals surface area contributed by atoms with Gasteiger partial charge in [0.05, 0.1) is 13.1 Å². The zero-order chi connectivity index (χ0) is 18.8. The van der Waals surface area contributed by atoms with E-state index in [9.17, 15) is 4.79 Å². The van der Waals surface area contributed by atoms with Crippen LogP contribution in [-0.4, -0.2) is 44.0 Å². The number of halogens is 1. The maximum Gasteiger partial charge on any atom is 0.241 e. The lowest BCUT2D eigenvalue weighted by Gasteiger charge is -2.15. The predicted octanol–water partition coefficient (Wildman–Crippen LogP) is 2.82. The highest BCUT2D eigenvalue weighted by Crippen LogP contribution is 2.11. The summed E-state index contributed by atoms with van der Waals surface area (Å²) in [6, 6.07) is 18.3. The lowest BCUT2D eigenvalue weighted by Crippen LogP contribution is -2.43. The Morgan fingerprint density at radius 2 is 1.69 bits per heavy atom. The number of carbonyl (C=O) groups excluding carboxylic acids is 1. The third kappa shape index (κ3) is 7.27. The molecule has 2 aromatic carbocycles. The number of nitrogens with zero attached hydrogens (tertiary/aromatic N) is 2. The molecule has 0 aliphatic rings. The SMILES string of the molecule is CN(C)C(=O)CNC(=NCc1ccc(Br)cc1)NCCc1ccccc1. The van der Waals surface area contributed by atoms with Gasteiger partial charge in [0.1, 0.15) is 0 Å². The van der Waals surface area contributed by atoms with Gasteiger partial charge >= 0.3 is 0 Å². The molecule has 0 aliphatic carbocycles. The second-order valence-corrected chi connectivity index (χ2v) is 7.01. The number of benzene rings is 2. The highest BCUT2D eigenvalue weighted by atomic mass is 79.9. The Morgan fingerprint density at radius 1 is 1.00 bits per heavy atom. The first-order valence-corrected chi connectivity index (χ1v) is 9.34. The molecule has 0 aliphatic heterocycles. The van der Waals surface area contributed by atoms with Gasteiger partial charge in [-0.1, -0.05) is 58.4 Å². The minimum Gasteiger partial charge on any atom is -0.356 e. The molecule has 1 amide bonds. The zero-order valence-electron chi connectivity index (χ0n) is 15.2. The minimum absolute atomic E-state index is 0.00574. The summed E-state index contributed by atoms with van der Waals surface area (Å²) in [6.45, 7) is 1.50. The van der Waals surface area contributed by atoms with Crippen LogP contribution in [0.15, 0.2) is 64.1 Å². The first-order chi connectivity index (χ1) is 12.5. The Labute approximate surface area is 163 Å². The first-order valence-electron chi connectivity index (χ1n) is 8.55. The van der Waals surface area contributed by atoms with Gasteiger partial charge in [-0.25, -0.2) is 4.99 Å².